The van der Waals surface area contributed by atoms with Crippen molar-refractivity contribution in [1.29, 1.82) is 0 Å². The lowest BCUT2D eigenvalue weighted by Gasteiger charge is -2.42. The van der Waals surface area contributed by atoms with E-state index in [1.165, 1.54) is 17.0 Å². The molecule has 6 nitrogen and oxygen atoms in total. The Labute approximate surface area is 110 Å². The summed E-state index contributed by atoms with van der Waals surface area (Å²) in [5.74, 6) is 0. The zero-order valence-electron chi connectivity index (χ0n) is 11.1. The molecule has 1 atom stereocenters. The van der Waals surface area contributed by atoms with Gasteiger partial charge in [0.1, 0.15) is 0 Å². The first-order chi connectivity index (χ1) is 8.74. The fourth-order valence-electron chi connectivity index (χ4n) is 2.67. The molecule has 1 aliphatic rings. The van der Waals surface area contributed by atoms with Crippen LogP contribution in [0.5, 0.6) is 0 Å². The van der Waals surface area contributed by atoms with Gasteiger partial charge in [0, 0.05) is 24.1 Å². The highest BCUT2D eigenvalue weighted by atomic mass is 16.6. The molecule has 0 saturated heterocycles. The van der Waals surface area contributed by atoms with Gasteiger partial charge in [-0.2, -0.15) is 0 Å². The summed E-state index contributed by atoms with van der Waals surface area (Å²) in [5, 5.41) is 20.1. The van der Waals surface area contributed by atoms with Crippen LogP contribution in [-0.2, 0) is 5.41 Å². The van der Waals surface area contributed by atoms with Crippen molar-refractivity contribution in [2.24, 2.45) is 0 Å². The molecule has 19 heavy (non-hydrogen) atoms. The van der Waals surface area contributed by atoms with Crippen LogP contribution >= 0.6 is 0 Å². The van der Waals surface area contributed by atoms with E-state index in [1.807, 2.05) is 13.8 Å². The van der Waals surface area contributed by atoms with Crippen molar-refractivity contribution in [3.63, 3.8) is 0 Å². The van der Waals surface area contributed by atoms with Crippen LogP contribution < -0.4 is 0 Å². The summed E-state index contributed by atoms with van der Waals surface area (Å²) in [5.41, 5.74) is 1.33. The molecule has 1 amide bonds. The predicted octanol–water partition coefficient (Wildman–Crippen LogP) is 2.93. The first kappa shape index (κ1) is 13.3. The molecule has 1 aliphatic heterocycles. The largest absolute Gasteiger partial charge is 0.465 e. The van der Waals surface area contributed by atoms with Crippen molar-refractivity contribution < 1.29 is 14.8 Å². The Morgan fingerprint density at radius 2 is 2.16 bits per heavy atom. The number of carbonyl (C=O) groups is 1. The lowest BCUT2D eigenvalue weighted by Crippen LogP contribution is -2.46. The zero-order chi connectivity index (χ0) is 14.4. The number of carboxylic acid groups (broad SMARTS) is 1. The summed E-state index contributed by atoms with van der Waals surface area (Å²) in [6.45, 7) is 6.03. The molecule has 0 radical (unpaired) electrons. The second kappa shape index (κ2) is 4.22. The molecule has 1 N–H and O–H groups in total. The molecule has 0 aromatic heterocycles. The summed E-state index contributed by atoms with van der Waals surface area (Å²) in [4.78, 5) is 23.0. The molecule has 6 heteroatoms. The number of nitrogens with zero attached hydrogens (tertiary/aromatic N) is 2. The maximum Gasteiger partial charge on any atom is 0.407 e. The second-order valence-corrected chi connectivity index (χ2v) is 5.50. The van der Waals surface area contributed by atoms with Gasteiger partial charge in [-0.15, -0.1) is 0 Å². The summed E-state index contributed by atoms with van der Waals surface area (Å²) in [6, 6.07) is 4.32. The van der Waals surface area contributed by atoms with Crippen molar-refractivity contribution in [2.45, 2.75) is 32.2 Å². The van der Waals surface area contributed by atoms with Crippen LogP contribution in [0.4, 0.5) is 10.5 Å². The van der Waals surface area contributed by atoms with Crippen LogP contribution in [0, 0.1) is 10.1 Å². The molecule has 0 aliphatic carbocycles. The molecule has 1 aromatic carbocycles. The Morgan fingerprint density at radius 1 is 1.53 bits per heavy atom. The highest BCUT2D eigenvalue weighted by Gasteiger charge is 2.38. The number of rotatable bonds is 1. The number of nitro benzene ring substituents is 1. The van der Waals surface area contributed by atoms with Gasteiger partial charge in [-0.25, -0.2) is 4.79 Å². The number of hydrogen-bond acceptors (Lipinski definition) is 3. The molecule has 0 spiro atoms. The van der Waals surface area contributed by atoms with E-state index in [0.29, 0.717) is 12.1 Å². The van der Waals surface area contributed by atoms with Gasteiger partial charge < -0.3 is 10.0 Å². The van der Waals surface area contributed by atoms with Crippen LogP contribution in [0.2, 0.25) is 0 Å². The summed E-state index contributed by atoms with van der Waals surface area (Å²) >= 11 is 0. The zero-order valence-corrected chi connectivity index (χ0v) is 11.1. The molecule has 0 saturated carbocycles. The fraction of sp³-hybridized carbons (Fsp3) is 0.462. The minimum Gasteiger partial charge on any atom is -0.465 e. The maximum absolute atomic E-state index is 11.3. The Morgan fingerprint density at radius 3 is 2.68 bits per heavy atom. The van der Waals surface area contributed by atoms with Crippen LogP contribution in [-0.4, -0.2) is 27.6 Å². The molecular weight excluding hydrogens is 248 g/mol. The quantitative estimate of drug-likeness (QED) is 0.624. The molecular formula is C13H16N2O4. The van der Waals surface area contributed by atoms with Gasteiger partial charge in [0.05, 0.1) is 11.0 Å². The van der Waals surface area contributed by atoms with Gasteiger partial charge in [0.15, 0.2) is 0 Å². The number of amides is 1. The smallest absolute Gasteiger partial charge is 0.407 e. The first-order valence-electron chi connectivity index (χ1n) is 6.02. The topological polar surface area (TPSA) is 83.7 Å². The van der Waals surface area contributed by atoms with Gasteiger partial charge >= 0.3 is 6.09 Å². The van der Waals surface area contributed by atoms with Crippen molar-refractivity contribution in [3.8, 4) is 0 Å². The van der Waals surface area contributed by atoms with E-state index in [-0.39, 0.29) is 17.1 Å². The fourth-order valence-corrected chi connectivity index (χ4v) is 2.67. The number of benzene rings is 1. The highest BCUT2D eigenvalue weighted by Crippen LogP contribution is 2.40. The summed E-state index contributed by atoms with van der Waals surface area (Å²) in [6.07, 6.45) is -1.00. The summed E-state index contributed by atoms with van der Waals surface area (Å²) < 4.78 is 0. The van der Waals surface area contributed by atoms with E-state index in [2.05, 4.69) is 0 Å². The van der Waals surface area contributed by atoms with Crippen molar-refractivity contribution in [3.05, 3.63) is 39.4 Å². The van der Waals surface area contributed by atoms with Gasteiger partial charge in [-0.1, -0.05) is 19.9 Å². The number of nitro groups is 1. The van der Waals surface area contributed by atoms with Crippen molar-refractivity contribution in [2.75, 3.05) is 6.54 Å². The van der Waals surface area contributed by atoms with Gasteiger partial charge in [0.25, 0.3) is 5.69 Å². The molecule has 0 bridgehead atoms. The number of fused-ring (bicyclic) bond motifs is 1. The van der Waals surface area contributed by atoms with E-state index in [4.69, 9.17) is 0 Å². The minimum atomic E-state index is -1.00. The van der Waals surface area contributed by atoms with Crippen LogP contribution in [0.3, 0.4) is 0 Å². The molecule has 1 aromatic rings. The van der Waals surface area contributed by atoms with E-state index >= 15 is 0 Å². The third kappa shape index (κ3) is 2.14. The van der Waals surface area contributed by atoms with Crippen molar-refractivity contribution >= 4 is 11.8 Å². The lowest BCUT2D eigenvalue weighted by molar-refractivity contribution is -0.385. The van der Waals surface area contributed by atoms with E-state index in [9.17, 15) is 20.0 Å². The Bertz CT molecular complexity index is 554. The third-order valence-corrected chi connectivity index (χ3v) is 3.70. The van der Waals surface area contributed by atoms with Gasteiger partial charge in [-0.05, 0) is 18.1 Å². The number of hydrogen-bond donors (Lipinski definition) is 1. The lowest BCUT2D eigenvalue weighted by atomic mass is 9.76. The maximum atomic E-state index is 11.3. The Balaban J connectivity index is 2.59. The van der Waals surface area contributed by atoms with Gasteiger partial charge in [0.2, 0.25) is 0 Å². The predicted molar refractivity (Wildman–Crippen MR) is 69.3 cm³/mol. The Hall–Kier alpha value is -2.11. The van der Waals surface area contributed by atoms with Crippen molar-refractivity contribution in [1.82, 2.24) is 4.90 Å². The minimum absolute atomic E-state index is 0.00589. The van der Waals surface area contributed by atoms with Gasteiger partial charge in [-0.3, -0.25) is 10.1 Å². The molecule has 102 valence electrons. The standard InChI is InChI=1S/C13H16N2O4/c1-8-10-6-9(15(18)19)4-5-11(10)13(2,3)7-14(8)12(16)17/h4-6,8H,7H2,1-3H3,(H,16,17). The van der Waals surface area contributed by atoms with E-state index in [1.54, 1.807) is 13.0 Å². The van der Waals surface area contributed by atoms with Crippen LogP contribution in [0.25, 0.3) is 0 Å². The van der Waals surface area contributed by atoms with Crippen LogP contribution in [0.15, 0.2) is 18.2 Å². The highest BCUT2D eigenvalue weighted by molar-refractivity contribution is 5.67. The molecule has 1 unspecified atom stereocenters. The summed E-state index contributed by atoms with van der Waals surface area (Å²) in [7, 11) is 0. The van der Waals surface area contributed by atoms with E-state index in [0.717, 1.165) is 5.56 Å². The Kier molecular flexibility index (Phi) is 2.96. The molecule has 0 fully saturated rings. The first-order valence-corrected chi connectivity index (χ1v) is 6.02. The van der Waals surface area contributed by atoms with E-state index < -0.39 is 11.0 Å². The van der Waals surface area contributed by atoms with Crippen LogP contribution in [0.1, 0.15) is 37.9 Å². The molecule has 2 rings (SSSR count). The normalized spacial score (nSPS) is 20.8. The SMILES string of the molecule is CC1c2cc([N+](=O)[O-])ccc2C(C)(C)CN1C(=O)O. The monoisotopic (exact) mass is 264 g/mol. The number of non-ortho nitro benzene ring substituents is 1. The average molecular weight is 264 g/mol. The molecule has 1 heterocycles. The second-order valence-electron chi connectivity index (χ2n) is 5.50. The average Bonchev–Trinajstić information content (AvgIpc) is 2.33. The third-order valence-electron chi connectivity index (χ3n) is 3.70.